The highest BCUT2D eigenvalue weighted by Gasteiger charge is 2.06. The lowest BCUT2D eigenvalue weighted by molar-refractivity contribution is 0.105. The Kier molecular flexibility index (Phi) is 3.92. The third-order valence-electron chi connectivity index (χ3n) is 1.58. The van der Waals surface area contributed by atoms with Crippen molar-refractivity contribution in [2.24, 2.45) is 5.11 Å². The minimum absolute atomic E-state index is 0.233. The van der Waals surface area contributed by atoms with Crippen LogP contribution in [0.15, 0.2) is 29.4 Å². The number of aliphatic hydroxyl groups excluding tert-OH is 1. The molecule has 74 valence electrons. The largest absolute Gasteiger partial charge is 0.384 e. The molecule has 1 aromatic rings. The molecule has 1 aromatic carbocycles. The summed E-state index contributed by atoms with van der Waals surface area (Å²) >= 11 is 0. The summed E-state index contributed by atoms with van der Waals surface area (Å²) < 4.78 is 0. The van der Waals surface area contributed by atoms with Gasteiger partial charge in [0.25, 0.3) is 0 Å². The van der Waals surface area contributed by atoms with Crippen LogP contribution in [0, 0.1) is 11.8 Å². The summed E-state index contributed by atoms with van der Waals surface area (Å²) in [6.45, 7) is -0.380. The number of carbonyl (C=O) groups is 1. The standard InChI is InChI=1S/C10H7N3O2/c11-13-12-9-5-2-1-4-8(9)10(15)6-3-7-14/h1-2,4-5,14H,7H2. The van der Waals surface area contributed by atoms with E-state index in [1.54, 1.807) is 12.1 Å². The molecule has 1 N–H and O–H groups in total. The van der Waals surface area contributed by atoms with E-state index in [4.69, 9.17) is 10.6 Å². The van der Waals surface area contributed by atoms with Crippen molar-refractivity contribution in [3.63, 3.8) is 0 Å². The molecule has 0 radical (unpaired) electrons. The molecule has 0 aliphatic heterocycles. The van der Waals surface area contributed by atoms with Gasteiger partial charge in [0, 0.05) is 16.2 Å². The molecule has 15 heavy (non-hydrogen) atoms. The van der Waals surface area contributed by atoms with Crippen LogP contribution in [-0.2, 0) is 0 Å². The molecule has 0 amide bonds. The third kappa shape index (κ3) is 2.85. The van der Waals surface area contributed by atoms with Crippen LogP contribution >= 0.6 is 0 Å². The SMILES string of the molecule is [N-]=[N+]=Nc1ccccc1C(=O)C#CCO. The van der Waals surface area contributed by atoms with Crippen LogP contribution < -0.4 is 0 Å². The zero-order valence-corrected chi connectivity index (χ0v) is 7.71. The number of Topliss-reactive ketones (excluding diaryl/α,β-unsaturated/α-hetero) is 1. The second-order valence-corrected chi connectivity index (χ2v) is 2.50. The maximum atomic E-state index is 11.4. The fraction of sp³-hybridized carbons (Fsp3) is 0.100. The first-order chi connectivity index (χ1) is 7.29. The quantitative estimate of drug-likeness (QED) is 0.197. The number of aliphatic hydroxyl groups is 1. The first kappa shape index (κ1) is 10.8. The van der Waals surface area contributed by atoms with E-state index < -0.39 is 5.78 Å². The van der Waals surface area contributed by atoms with E-state index in [0.717, 1.165) is 0 Å². The van der Waals surface area contributed by atoms with E-state index >= 15 is 0 Å². The molecule has 0 spiro atoms. The number of benzene rings is 1. The lowest BCUT2D eigenvalue weighted by Crippen LogP contribution is -1.95. The average Bonchev–Trinajstić information content (AvgIpc) is 2.27. The van der Waals surface area contributed by atoms with Gasteiger partial charge in [-0.15, -0.1) is 0 Å². The predicted molar refractivity (Wildman–Crippen MR) is 54.4 cm³/mol. The molecule has 5 heteroatoms. The fourth-order valence-electron chi connectivity index (χ4n) is 0.988. The Morgan fingerprint density at radius 1 is 1.53 bits per heavy atom. The first-order valence-corrected chi connectivity index (χ1v) is 4.07. The van der Waals surface area contributed by atoms with Gasteiger partial charge in [-0.05, 0) is 17.5 Å². The molecule has 0 atom stereocenters. The Balaban J connectivity index is 3.13. The fourth-order valence-corrected chi connectivity index (χ4v) is 0.988. The number of azide groups is 1. The molecule has 0 aliphatic carbocycles. The van der Waals surface area contributed by atoms with E-state index in [1.165, 1.54) is 12.1 Å². The third-order valence-corrected chi connectivity index (χ3v) is 1.58. The summed E-state index contributed by atoms with van der Waals surface area (Å²) in [4.78, 5) is 14.0. The summed E-state index contributed by atoms with van der Waals surface area (Å²) in [6.07, 6.45) is 0. The van der Waals surface area contributed by atoms with Gasteiger partial charge in [0.15, 0.2) is 0 Å². The number of hydrogen-bond acceptors (Lipinski definition) is 3. The molecule has 0 saturated heterocycles. The molecule has 5 nitrogen and oxygen atoms in total. The summed E-state index contributed by atoms with van der Waals surface area (Å²) in [6, 6.07) is 6.33. The molecule has 0 aliphatic rings. The highest BCUT2D eigenvalue weighted by molar-refractivity contribution is 6.11. The number of rotatable bonds is 2. The highest BCUT2D eigenvalue weighted by Crippen LogP contribution is 2.18. The van der Waals surface area contributed by atoms with E-state index in [0.29, 0.717) is 0 Å². The second-order valence-electron chi connectivity index (χ2n) is 2.50. The topological polar surface area (TPSA) is 86.1 Å². The van der Waals surface area contributed by atoms with Crippen molar-refractivity contribution in [3.05, 3.63) is 40.3 Å². The number of hydrogen-bond donors (Lipinski definition) is 1. The van der Waals surface area contributed by atoms with Crippen LogP contribution in [0.1, 0.15) is 10.4 Å². The van der Waals surface area contributed by atoms with Crippen LogP contribution in [0.25, 0.3) is 10.4 Å². The van der Waals surface area contributed by atoms with Gasteiger partial charge in [-0.2, -0.15) is 0 Å². The predicted octanol–water partition coefficient (Wildman–Crippen LogP) is 1.81. The van der Waals surface area contributed by atoms with Crippen molar-refractivity contribution in [2.45, 2.75) is 0 Å². The molecular formula is C10H7N3O2. The Bertz CT molecular complexity index is 479. The molecule has 0 saturated carbocycles. The average molecular weight is 201 g/mol. The van der Waals surface area contributed by atoms with Gasteiger partial charge in [0.05, 0.1) is 0 Å². The van der Waals surface area contributed by atoms with Crippen molar-refractivity contribution < 1.29 is 9.90 Å². The molecular weight excluding hydrogens is 194 g/mol. The van der Waals surface area contributed by atoms with E-state index in [-0.39, 0.29) is 17.9 Å². The Hall–Kier alpha value is -2.28. The molecule has 0 heterocycles. The molecule has 0 bridgehead atoms. The van der Waals surface area contributed by atoms with Crippen LogP contribution in [0.4, 0.5) is 5.69 Å². The van der Waals surface area contributed by atoms with Crippen molar-refractivity contribution in [2.75, 3.05) is 6.61 Å². The van der Waals surface area contributed by atoms with E-state index in [2.05, 4.69) is 21.9 Å². The lowest BCUT2D eigenvalue weighted by Gasteiger charge is -1.97. The number of carbonyl (C=O) groups excluding carboxylic acids is 1. The lowest BCUT2D eigenvalue weighted by atomic mass is 10.1. The van der Waals surface area contributed by atoms with Crippen molar-refractivity contribution in [1.29, 1.82) is 0 Å². The van der Waals surface area contributed by atoms with Crippen LogP contribution in [0.5, 0.6) is 0 Å². The summed E-state index contributed by atoms with van der Waals surface area (Å²) in [7, 11) is 0. The van der Waals surface area contributed by atoms with Gasteiger partial charge >= 0.3 is 0 Å². The number of nitrogens with zero attached hydrogens (tertiary/aromatic N) is 3. The molecule has 0 unspecified atom stereocenters. The van der Waals surface area contributed by atoms with Crippen molar-refractivity contribution >= 4 is 11.5 Å². The van der Waals surface area contributed by atoms with E-state index in [1.807, 2.05) is 0 Å². The second kappa shape index (κ2) is 5.45. The van der Waals surface area contributed by atoms with Gasteiger partial charge in [-0.3, -0.25) is 4.79 Å². The maximum absolute atomic E-state index is 11.4. The first-order valence-electron chi connectivity index (χ1n) is 4.07. The Labute approximate surface area is 86.0 Å². The van der Waals surface area contributed by atoms with Crippen LogP contribution in [0.2, 0.25) is 0 Å². The van der Waals surface area contributed by atoms with Crippen molar-refractivity contribution in [3.8, 4) is 11.8 Å². The monoisotopic (exact) mass is 201 g/mol. The minimum atomic E-state index is -0.480. The van der Waals surface area contributed by atoms with Crippen LogP contribution in [0.3, 0.4) is 0 Å². The summed E-state index contributed by atoms with van der Waals surface area (Å²) in [5.74, 6) is 3.98. The van der Waals surface area contributed by atoms with Gasteiger partial charge in [-0.1, -0.05) is 29.2 Å². The smallest absolute Gasteiger partial charge is 0.236 e. The molecule has 1 rings (SSSR count). The van der Waals surface area contributed by atoms with Gasteiger partial charge in [-0.25, -0.2) is 0 Å². The normalized spacial score (nSPS) is 8.33. The molecule has 0 aromatic heterocycles. The zero-order chi connectivity index (χ0) is 11.1. The van der Waals surface area contributed by atoms with Gasteiger partial charge < -0.3 is 5.11 Å². The van der Waals surface area contributed by atoms with Gasteiger partial charge in [0.1, 0.15) is 6.61 Å². The molecule has 0 fully saturated rings. The minimum Gasteiger partial charge on any atom is -0.384 e. The number of ketones is 1. The summed E-state index contributed by atoms with van der Waals surface area (Å²) in [5.41, 5.74) is 8.74. The Morgan fingerprint density at radius 2 is 2.27 bits per heavy atom. The summed E-state index contributed by atoms with van der Waals surface area (Å²) in [5, 5.41) is 11.8. The van der Waals surface area contributed by atoms with E-state index in [9.17, 15) is 4.79 Å². The highest BCUT2D eigenvalue weighted by atomic mass is 16.2. The zero-order valence-electron chi connectivity index (χ0n) is 7.71. The maximum Gasteiger partial charge on any atom is 0.236 e. The van der Waals surface area contributed by atoms with Crippen molar-refractivity contribution in [1.82, 2.24) is 0 Å². The van der Waals surface area contributed by atoms with Crippen LogP contribution in [-0.4, -0.2) is 17.5 Å². The Morgan fingerprint density at radius 3 is 2.93 bits per heavy atom. The van der Waals surface area contributed by atoms with Gasteiger partial charge in [0.2, 0.25) is 5.78 Å².